The Morgan fingerprint density at radius 2 is 1.91 bits per heavy atom. The second kappa shape index (κ2) is 11.7. The van der Waals surface area contributed by atoms with Crippen LogP contribution in [0.3, 0.4) is 0 Å². The minimum atomic E-state index is -0.430. The van der Waals surface area contributed by atoms with Crippen molar-refractivity contribution >= 4 is 23.2 Å². The highest BCUT2D eigenvalue weighted by atomic mass is 19.1. The van der Waals surface area contributed by atoms with E-state index >= 15 is 0 Å². The Bertz CT molecular complexity index is 1360. The zero-order chi connectivity index (χ0) is 25.4. The summed E-state index contributed by atoms with van der Waals surface area (Å²) in [5, 5.41) is 8.58. The van der Waals surface area contributed by atoms with Crippen LogP contribution in [-0.2, 0) is 4.74 Å². The first kappa shape index (κ1) is 25.3. The van der Waals surface area contributed by atoms with E-state index in [-0.39, 0.29) is 11.6 Å². The van der Waals surface area contributed by atoms with E-state index in [0.29, 0.717) is 22.7 Å². The normalized spacial score (nSPS) is 12.5. The SMILES string of the molecule is C=C/C=C(\C=C/C)c1c(C(=NC(=C)c2ccc(C)c(/C=C\C)c2)OC)nnn1-c1ccccc1F. The average molecular weight is 469 g/mol. The van der Waals surface area contributed by atoms with Crippen LogP contribution >= 0.6 is 0 Å². The number of aromatic nitrogens is 3. The minimum absolute atomic E-state index is 0.209. The number of benzene rings is 2. The van der Waals surface area contributed by atoms with Gasteiger partial charge >= 0.3 is 0 Å². The lowest BCUT2D eigenvalue weighted by atomic mass is 10.0. The molecular formula is C29H29FN4O. The lowest BCUT2D eigenvalue weighted by Gasteiger charge is -2.11. The van der Waals surface area contributed by atoms with Gasteiger partial charge in [-0.2, -0.15) is 0 Å². The lowest BCUT2D eigenvalue weighted by Crippen LogP contribution is -2.10. The minimum Gasteiger partial charge on any atom is -0.479 e. The summed E-state index contributed by atoms with van der Waals surface area (Å²) < 4.78 is 21.8. The second-order valence-electron chi connectivity index (χ2n) is 7.65. The molecule has 0 unspecified atom stereocenters. The molecule has 0 aliphatic carbocycles. The van der Waals surface area contributed by atoms with E-state index in [9.17, 15) is 4.39 Å². The van der Waals surface area contributed by atoms with Crippen molar-refractivity contribution in [1.29, 1.82) is 0 Å². The van der Waals surface area contributed by atoms with Crippen LogP contribution < -0.4 is 0 Å². The molecule has 2 aromatic carbocycles. The first-order valence-electron chi connectivity index (χ1n) is 11.2. The van der Waals surface area contributed by atoms with E-state index in [1.807, 2.05) is 63.3 Å². The molecule has 1 aromatic heterocycles. The zero-order valence-electron chi connectivity index (χ0n) is 20.5. The smallest absolute Gasteiger partial charge is 0.244 e. The van der Waals surface area contributed by atoms with Gasteiger partial charge in [-0.25, -0.2) is 14.1 Å². The number of hydrogen-bond acceptors (Lipinski definition) is 4. The Hall–Kier alpha value is -4.32. The van der Waals surface area contributed by atoms with Crippen LogP contribution in [0.15, 0.2) is 91.0 Å². The standard InChI is InChI=1S/C29H29FN4O/c1-7-12-22(13-8-2)28-27(32-33-34(28)26-16-11-10-15-25(26)30)29(35-6)31-21(5)24-18-17-20(4)23(19-24)14-9-3/h7-19H,1,5H2,2-4,6H3/b13-8-,14-9-,22-12+,31-29?. The van der Waals surface area contributed by atoms with Gasteiger partial charge in [-0.05, 0) is 50.1 Å². The Kier molecular flexibility index (Phi) is 8.46. The molecule has 6 heteroatoms. The summed E-state index contributed by atoms with van der Waals surface area (Å²) in [4.78, 5) is 4.65. The highest BCUT2D eigenvalue weighted by molar-refractivity contribution is 6.00. The summed E-state index contributed by atoms with van der Waals surface area (Å²) in [6, 6.07) is 12.4. The summed E-state index contributed by atoms with van der Waals surface area (Å²) in [7, 11) is 1.50. The van der Waals surface area contributed by atoms with Gasteiger partial charge in [0.05, 0.1) is 12.8 Å². The maximum Gasteiger partial charge on any atom is 0.244 e. The number of nitrogens with zero attached hydrogens (tertiary/aromatic N) is 4. The highest BCUT2D eigenvalue weighted by Crippen LogP contribution is 2.27. The predicted octanol–water partition coefficient (Wildman–Crippen LogP) is 6.96. The van der Waals surface area contributed by atoms with Crippen molar-refractivity contribution in [2.45, 2.75) is 20.8 Å². The Morgan fingerprint density at radius 1 is 1.14 bits per heavy atom. The van der Waals surface area contributed by atoms with E-state index in [4.69, 9.17) is 4.74 Å². The molecule has 178 valence electrons. The van der Waals surface area contributed by atoms with Crippen LogP contribution in [0.2, 0.25) is 0 Å². The van der Waals surface area contributed by atoms with Crippen molar-refractivity contribution in [1.82, 2.24) is 15.0 Å². The molecule has 3 rings (SSSR count). The van der Waals surface area contributed by atoms with Crippen molar-refractivity contribution in [3.8, 4) is 5.69 Å². The van der Waals surface area contributed by atoms with Gasteiger partial charge in [0.1, 0.15) is 17.2 Å². The van der Waals surface area contributed by atoms with Gasteiger partial charge in [0.25, 0.3) is 0 Å². The molecule has 0 aliphatic heterocycles. The maximum absolute atomic E-state index is 14.7. The van der Waals surface area contributed by atoms with E-state index in [2.05, 4.69) is 28.5 Å². The highest BCUT2D eigenvalue weighted by Gasteiger charge is 2.23. The Morgan fingerprint density at radius 3 is 2.57 bits per heavy atom. The molecule has 0 amide bonds. The average Bonchev–Trinajstić information content (AvgIpc) is 3.28. The van der Waals surface area contributed by atoms with E-state index in [1.54, 1.807) is 30.4 Å². The number of aliphatic imine (C=N–C) groups is 1. The van der Waals surface area contributed by atoms with Gasteiger partial charge in [-0.15, -0.1) is 5.10 Å². The topological polar surface area (TPSA) is 52.3 Å². The number of aryl methyl sites for hydroxylation is 1. The van der Waals surface area contributed by atoms with E-state index < -0.39 is 5.82 Å². The number of hydrogen-bond donors (Lipinski definition) is 0. The van der Waals surface area contributed by atoms with Gasteiger partial charge in [0, 0.05) is 11.1 Å². The molecule has 5 nitrogen and oxygen atoms in total. The molecule has 0 atom stereocenters. The Balaban J connectivity index is 2.20. The summed E-state index contributed by atoms with van der Waals surface area (Å²) >= 11 is 0. The molecule has 0 saturated carbocycles. The van der Waals surface area contributed by atoms with Crippen LogP contribution in [0.25, 0.3) is 23.0 Å². The summed E-state index contributed by atoms with van der Waals surface area (Å²) in [6.07, 6.45) is 11.2. The second-order valence-corrected chi connectivity index (χ2v) is 7.65. The molecule has 0 N–H and O–H groups in total. The lowest BCUT2D eigenvalue weighted by molar-refractivity contribution is 0.403. The third-order valence-corrected chi connectivity index (χ3v) is 5.26. The monoisotopic (exact) mass is 468 g/mol. The molecule has 0 saturated heterocycles. The molecule has 1 heterocycles. The predicted molar refractivity (Wildman–Crippen MR) is 143 cm³/mol. The Labute approximate surface area is 206 Å². The van der Waals surface area contributed by atoms with E-state index in [0.717, 1.165) is 16.7 Å². The molecule has 35 heavy (non-hydrogen) atoms. The van der Waals surface area contributed by atoms with Crippen LogP contribution in [0.4, 0.5) is 4.39 Å². The zero-order valence-corrected chi connectivity index (χ0v) is 20.5. The molecular weight excluding hydrogens is 439 g/mol. The largest absolute Gasteiger partial charge is 0.479 e. The van der Waals surface area contributed by atoms with Crippen LogP contribution in [0, 0.1) is 12.7 Å². The van der Waals surface area contributed by atoms with Gasteiger partial charge in [-0.1, -0.05) is 79.1 Å². The van der Waals surface area contributed by atoms with Crippen molar-refractivity contribution in [2.75, 3.05) is 7.11 Å². The van der Waals surface area contributed by atoms with Gasteiger partial charge < -0.3 is 4.74 Å². The quantitative estimate of drug-likeness (QED) is 0.204. The van der Waals surface area contributed by atoms with Crippen molar-refractivity contribution in [3.63, 3.8) is 0 Å². The molecule has 0 bridgehead atoms. The number of rotatable bonds is 8. The van der Waals surface area contributed by atoms with Crippen LogP contribution in [0.5, 0.6) is 0 Å². The van der Waals surface area contributed by atoms with Gasteiger partial charge in [0.15, 0.2) is 5.69 Å². The number of para-hydroxylation sites is 1. The fraction of sp³-hybridized carbons (Fsp3) is 0.138. The van der Waals surface area contributed by atoms with Gasteiger partial charge in [-0.3, -0.25) is 0 Å². The molecule has 0 aliphatic rings. The third kappa shape index (κ3) is 5.61. The summed E-state index contributed by atoms with van der Waals surface area (Å²) in [5.41, 5.74) is 5.41. The number of allylic oxidation sites excluding steroid dienone is 6. The molecule has 3 aromatic rings. The summed E-state index contributed by atoms with van der Waals surface area (Å²) in [6.45, 7) is 13.9. The molecule has 0 fully saturated rings. The fourth-order valence-electron chi connectivity index (χ4n) is 3.56. The van der Waals surface area contributed by atoms with Crippen LogP contribution in [0.1, 0.15) is 41.9 Å². The molecule has 0 spiro atoms. The molecule has 0 radical (unpaired) electrons. The fourth-order valence-corrected chi connectivity index (χ4v) is 3.56. The first-order valence-corrected chi connectivity index (χ1v) is 11.2. The number of halogens is 1. The van der Waals surface area contributed by atoms with E-state index in [1.165, 1.54) is 17.9 Å². The number of ether oxygens (including phenoxy) is 1. The third-order valence-electron chi connectivity index (χ3n) is 5.26. The van der Waals surface area contributed by atoms with Crippen molar-refractivity contribution in [3.05, 3.63) is 120 Å². The van der Waals surface area contributed by atoms with Crippen molar-refractivity contribution in [2.24, 2.45) is 4.99 Å². The first-order chi connectivity index (χ1) is 16.9. The van der Waals surface area contributed by atoms with Crippen molar-refractivity contribution < 1.29 is 9.13 Å². The van der Waals surface area contributed by atoms with Crippen LogP contribution in [-0.4, -0.2) is 28.0 Å². The number of methoxy groups -OCH3 is 1. The maximum atomic E-state index is 14.7. The summed E-state index contributed by atoms with van der Waals surface area (Å²) in [5.74, 6) is -0.222. The van der Waals surface area contributed by atoms with Gasteiger partial charge in [0.2, 0.25) is 5.90 Å².